The molecule has 0 saturated carbocycles. The fourth-order valence-electron chi connectivity index (χ4n) is 5.82. The van der Waals surface area contributed by atoms with Crippen molar-refractivity contribution >= 4 is 33.5 Å². The zero-order valence-corrected chi connectivity index (χ0v) is 28.5. The monoisotopic (exact) mass is 652 g/mol. The SMILES string of the molecule is CCOC(CCC(=N)Cc1ccc2nc(-c3ccc(-c4nc5ccc(CC(=N)CCC(OCC)OCC)cc5[nH]4)cc3)[nH]c2c1)OCC. The normalized spacial score (nSPS) is 11.8. The topological polar surface area (TPSA) is 142 Å². The van der Waals surface area contributed by atoms with Gasteiger partial charge >= 0.3 is 0 Å². The van der Waals surface area contributed by atoms with Crippen LogP contribution in [0, 0.1) is 10.8 Å². The maximum Gasteiger partial charge on any atom is 0.157 e. The predicted octanol–water partition coefficient (Wildman–Crippen LogP) is 8.26. The van der Waals surface area contributed by atoms with Gasteiger partial charge in [-0.3, -0.25) is 0 Å². The van der Waals surface area contributed by atoms with Crippen molar-refractivity contribution < 1.29 is 18.9 Å². The molecule has 48 heavy (non-hydrogen) atoms. The lowest BCUT2D eigenvalue weighted by Gasteiger charge is -2.16. The molecule has 4 N–H and O–H groups in total. The van der Waals surface area contributed by atoms with Crippen LogP contribution in [0.25, 0.3) is 44.8 Å². The third kappa shape index (κ3) is 9.44. The van der Waals surface area contributed by atoms with Crippen molar-refractivity contribution in [1.29, 1.82) is 10.8 Å². The number of fused-ring (bicyclic) bond motifs is 2. The molecule has 254 valence electrons. The third-order valence-electron chi connectivity index (χ3n) is 8.13. The standard InChI is InChI=1S/C38H48N6O4/c1-5-45-35(46-6-2)19-15-29(39)21-25-9-17-31-33(23-25)43-37(41-31)27-11-13-28(14-12-27)38-42-32-18-10-26(24-34(32)44-38)22-30(40)16-20-36(47-7-3)48-8-4/h9-14,17-18,23-24,35-36,39-40H,5-8,15-16,19-22H2,1-4H3,(H,41,43)(H,42,44). The molecule has 0 aliphatic heterocycles. The Balaban J connectivity index is 1.20. The molecular weight excluding hydrogens is 604 g/mol. The summed E-state index contributed by atoms with van der Waals surface area (Å²) >= 11 is 0. The molecule has 2 aromatic heterocycles. The van der Waals surface area contributed by atoms with E-state index in [1.807, 2.05) is 52.0 Å². The molecule has 0 aliphatic rings. The van der Waals surface area contributed by atoms with Gasteiger partial charge in [0.05, 0.1) is 22.1 Å². The molecule has 3 aromatic carbocycles. The second kappa shape index (κ2) is 17.3. The van der Waals surface area contributed by atoms with Crippen LogP contribution in [0.5, 0.6) is 0 Å². The van der Waals surface area contributed by atoms with Gasteiger partial charge in [0.2, 0.25) is 0 Å². The number of aromatic amines is 2. The van der Waals surface area contributed by atoms with Crippen LogP contribution in [-0.4, -0.2) is 70.4 Å². The molecule has 0 bridgehead atoms. The van der Waals surface area contributed by atoms with Crippen LogP contribution >= 0.6 is 0 Å². The Morgan fingerprint density at radius 3 is 1.31 bits per heavy atom. The lowest BCUT2D eigenvalue weighted by Crippen LogP contribution is -2.19. The van der Waals surface area contributed by atoms with Gasteiger partial charge in [-0.1, -0.05) is 36.4 Å². The number of hydrogen-bond donors (Lipinski definition) is 4. The Labute approximate surface area is 282 Å². The highest BCUT2D eigenvalue weighted by molar-refractivity contribution is 5.87. The first-order chi connectivity index (χ1) is 23.4. The summed E-state index contributed by atoms with van der Waals surface area (Å²) in [6.07, 6.45) is 3.26. The van der Waals surface area contributed by atoms with E-state index in [2.05, 4.69) is 46.4 Å². The first kappa shape index (κ1) is 35.1. The van der Waals surface area contributed by atoms with E-state index in [0.29, 0.717) is 76.4 Å². The van der Waals surface area contributed by atoms with Gasteiger partial charge in [-0.05, 0) is 75.9 Å². The molecule has 10 heteroatoms. The number of nitrogens with one attached hydrogen (secondary N) is 4. The van der Waals surface area contributed by atoms with Crippen LogP contribution < -0.4 is 0 Å². The van der Waals surface area contributed by atoms with Crippen LogP contribution in [-0.2, 0) is 31.8 Å². The highest BCUT2D eigenvalue weighted by Gasteiger charge is 2.14. The van der Waals surface area contributed by atoms with Crippen molar-refractivity contribution in [2.45, 2.75) is 78.8 Å². The van der Waals surface area contributed by atoms with Crippen molar-refractivity contribution in [2.24, 2.45) is 0 Å². The fourth-order valence-corrected chi connectivity index (χ4v) is 5.82. The summed E-state index contributed by atoms with van der Waals surface area (Å²) in [5.74, 6) is 1.59. The number of rotatable bonds is 20. The second-order valence-electron chi connectivity index (χ2n) is 11.8. The Bertz CT molecular complexity index is 1650. The average Bonchev–Trinajstić information content (AvgIpc) is 3.71. The molecule has 10 nitrogen and oxygen atoms in total. The van der Waals surface area contributed by atoms with E-state index < -0.39 is 0 Å². The van der Waals surface area contributed by atoms with Gasteiger partial charge in [-0.25, -0.2) is 9.97 Å². The summed E-state index contributed by atoms with van der Waals surface area (Å²) in [5, 5.41) is 17.0. The van der Waals surface area contributed by atoms with Gasteiger partial charge in [0.1, 0.15) is 11.6 Å². The molecule has 0 unspecified atom stereocenters. The molecule has 0 fully saturated rings. The minimum absolute atomic E-state index is 0.257. The van der Waals surface area contributed by atoms with Crippen LogP contribution in [0.15, 0.2) is 60.7 Å². The first-order valence-corrected chi connectivity index (χ1v) is 17.1. The largest absolute Gasteiger partial charge is 0.353 e. The van der Waals surface area contributed by atoms with E-state index in [-0.39, 0.29) is 12.6 Å². The Hall–Kier alpha value is -4.22. The molecule has 2 heterocycles. The summed E-state index contributed by atoms with van der Waals surface area (Å²) in [5.41, 5.74) is 9.09. The zero-order valence-electron chi connectivity index (χ0n) is 28.5. The maximum absolute atomic E-state index is 8.49. The fraction of sp³-hybridized carbons (Fsp3) is 0.421. The Kier molecular flexibility index (Phi) is 12.6. The minimum atomic E-state index is -0.257. The molecule has 0 radical (unpaired) electrons. The van der Waals surface area contributed by atoms with Crippen molar-refractivity contribution in [2.75, 3.05) is 26.4 Å². The van der Waals surface area contributed by atoms with Gasteiger partial charge in [-0.15, -0.1) is 0 Å². The number of nitrogens with zero attached hydrogens (tertiary/aromatic N) is 2. The molecule has 0 aliphatic carbocycles. The quantitative estimate of drug-likeness (QED) is 0.0493. The van der Waals surface area contributed by atoms with E-state index in [0.717, 1.165) is 56.0 Å². The number of hydrogen-bond acceptors (Lipinski definition) is 8. The van der Waals surface area contributed by atoms with Crippen LogP contribution in [0.4, 0.5) is 0 Å². The maximum atomic E-state index is 8.49. The van der Waals surface area contributed by atoms with Crippen molar-refractivity contribution in [1.82, 2.24) is 19.9 Å². The highest BCUT2D eigenvalue weighted by Crippen LogP contribution is 2.26. The molecule has 5 aromatic rings. The number of imidazole rings is 2. The van der Waals surface area contributed by atoms with Gasteiger partial charge in [0, 0.05) is 74.7 Å². The zero-order chi connectivity index (χ0) is 33.9. The summed E-state index contributed by atoms with van der Waals surface area (Å²) in [7, 11) is 0. The predicted molar refractivity (Wildman–Crippen MR) is 192 cm³/mol. The number of benzene rings is 3. The molecule has 0 atom stereocenters. The van der Waals surface area contributed by atoms with Crippen molar-refractivity contribution in [3.05, 3.63) is 71.8 Å². The number of aromatic nitrogens is 4. The van der Waals surface area contributed by atoms with E-state index in [1.165, 1.54) is 0 Å². The average molecular weight is 653 g/mol. The van der Waals surface area contributed by atoms with Crippen molar-refractivity contribution in [3.63, 3.8) is 0 Å². The minimum Gasteiger partial charge on any atom is -0.353 e. The molecule has 0 saturated heterocycles. The van der Waals surface area contributed by atoms with E-state index in [1.54, 1.807) is 0 Å². The van der Waals surface area contributed by atoms with Crippen LogP contribution in [0.1, 0.15) is 64.5 Å². The van der Waals surface area contributed by atoms with E-state index >= 15 is 0 Å². The summed E-state index contributed by atoms with van der Waals surface area (Å²) < 4.78 is 22.5. The number of ether oxygens (including phenoxy) is 4. The summed E-state index contributed by atoms with van der Waals surface area (Å²) in [4.78, 5) is 16.6. The highest BCUT2D eigenvalue weighted by atomic mass is 16.7. The molecule has 0 spiro atoms. The Morgan fingerprint density at radius 2 is 0.958 bits per heavy atom. The van der Waals surface area contributed by atoms with Crippen molar-refractivity contribution in [3.8, 4) is 22.8 Å². The Morgan fingerprint density at radius 1 is 0.583 bits per heavy atom. The number of H-pyrrole nitrogens is 2. The lowest BCUT2D eigenvalue weighted by molar-refractivity contribution is -0.138. The van der Waals surface area contributed by atoms with E-state index in [9.17, 15) is 0 Å². The van der Waals surface area contributed by atoms with Gasteiger partial charge in [-0.2, -0.15) is 0 Å². The van der Waals surface area contributed by atoms with Crippen LogP contribution in [0.3, 0.4) is 0 Å². The van der Waals surface area contributed by atoms with Crippen LogP contribution in [0.2, 0.25) is 0 Å². The van der Waals surface area contributed by atoms with Gasteiger partial charge < -0.3 is 39.7 Å². The van der Waals surface area contributed by atoms with Gasteiger partial charge in [0.15, 0.2) is 12.6 Å². The van der Waals surface area contributed by atoms with E-state index in [4.69, 9.17) is 39.7 Å². The molecular formula is C38H48N6O4. The smallest absolute Gasteiger partial charge is 0.157 e. The first-order valence-electron chi connectivity index (χ1n) is 17.1. The molecule has 5 rings (SSSR count). The summed E-state index contributed by atoms with van der Waals surface area (Å²) in [6.45, 7) is 10.2. The molecule has 0 amide bonds. The second-order valence-corrected chi connectivity index (χ2v) is 11.8. The summed E-state index contributed by atoms with van der Waals surface area (Å²) in [6, 6.07) is 20.5. The third-order valence-corrected chi connectivity index (χ3v) is 8.13. The van der Waals surface area contributed by atoms with Gasteiger partial charge in [0.25, 0.3) is 0 Å². The lowest BCUT2D eigenvalue weighted by atomic mass is 10.0.